The minimum absolute atomic E-state index is 0.0864. The lowest BCUT2D eigenvalue weighted by Gasteiger charge is -2.28. The molecule has 0 saturated carbocycles. The summed E-state index contributed by atoms with van der Waals surface area (Å²) >= 11 is 0. The Hall–Kier alpha value is -2.22. The molecule has 6 nitrogen and oxygen atoms in total. The Bertz CT molecular complexity index is 883. The van der Waals surface area contributed by atoms with Gasteiger partial charge in [-0.1, -0.05) is 37.3 Å². The number of rotatable bonds is 9. The molecule has 28 heavy (non-hydrogen) atoms. The highest BCUT2D eigenvalue weighted by Crippen LogP contribution is 2.18. The van der Waals surface area contributed by atoms with E-state index in [-0.39, 0.29) is 16.8 Å². The fourth-order valence-electron chi connectivity index (χ4n) is 2.88. The van der Waals surface area contributed by atoms with E-state index in [4.69, 9.17) is 0 Å². The third-order valence-electron chi connectivity index (χ3n) is 4.54. The zero-order chi connectivity index (χ0) is 20.7. The maximum atomic E-state index is 12.7. The first-order chi connectivity index (χ1) is 13.3. The summed E-state index contributed by atoms with van der Waals surface area (Å²) in [5.41, 5.74) is 1.62. The number of nitrogens with zero attached hydrogens (tertiary/aromatic N) is 2. The average molecular weight is 404 g/mol. The van der Waals surface area contributed by atoms with E-state index in [0.29, 0.717) is 6.54 Å². The first-order valence-corrected chi connectivity index (χ1v) is 10.8. The molecule has 0 aliphatic carbocycles. The molecule has 2 aromatic carbocycles. The Morgan fingerprint density at radius 3 is 2.36 bits per heavy atom. The van der Waals surface area contributed by atoms with Gasteiger partial charge in [0.25, 0.3) is 0 Å². The van der Waals surface area contributed by atoms with Crippen LogP contribution in [-0.4, -0.2) is 50.2 Å². The third-order valence-corrected chi connectivity index (χ3v) is 6.35. The van der Waals surface area contributed by atoms with Gasteiger partial charge in [0.2, 0.25) is 15.9 Å². The summed E-state index contributed by atoms with van der Waals surface area (Å²) in [5.74, 6) is -0.0864. The molecule has 0 aliphatic rings. The van der Waals surface area contributed by atoms with Crippen molar-refractivity contribution in [2.24, 2.45) is 0 Å². The first kappa shape index (κ1) is 22.1. The van der Waals surface area contributed by atoms with Crippen LogP contribution in [0.1, 0.15) is 25.8 Å². The van der Waals surface area contributed by atoms with Gasteiger partial charge in [-0.3, -0.25) is 9.69 Å². The third kappa shape index (κ3) is 5.64. The lowest BCUT2D eigenvalue weighted by Crippen LogP contribution is -2.42. The summed E-state index contributed by atoms with van der Waals surface area (Å²) < 4.78 is 26.0. The number of carbonyl (C=O) groups excluding carboxylic acids is 1. The van der Waals surface area contributed by atoms with E-state index >= 15 is 0 Å². The molecule has 2 rings (SSSR count). The van der Waals surface area contributed by atoms with Gasteiger partial charge in [0, 0.05) is 26.3 Å². The molecule has 2 aromatic rings. The molecular weight excluding hydrogens is 374 g/mol. The Balaban J connectivity index is 2.17. The van der Waals surface area contributed by atoms with Crippen LogP contribution in [0.4, 0.5) is 5.69 Å². The number of hydrogen-bond donors (Lipinski definition) is 1. The van der Waals surface area contributed by atoms with Crippen LogP contribution >= 0.6 is 0 Å². The second-order valence-electron chi connectivity index (χ2n) is 6.94. The first-order valence-electron chi connectivity index (χ1n) is 9.37. The van der Waals surface area contributed by atoms with Gasteiger partial charge >= 0.3 is 0 Å². The normalized spacial score (nSPS) is 12.9. The van der Waals surface area contributed by atoms with Gasteiger partial charge in [-0.2, -0.15) is 0 Å². The average Bonchev–Trinajstić information content (AvgIpc) is 2.68. The van der Waals surface area contributed by atoms with Gasteiger partial charge < -0.3 is 5.32 Å². The van der Waals surface area contributed by atoms with Crippen LogP contribution in [0.25, 0.3) is 0 Å². The summed E-state index contributed by atoms with van der Waals surface area (Å²) in [4.78, 5) is 15.0. The number of benzene rings is 2. The number of nitrogens with one attached hydrogen (secondary N) is 1. The summed E-state index contributed by atoms with van der Waals surface area (Å²) in [6.45, 7) is 5.15. The van der Waals surface area contributed by atoms with E-state index in [1.54, 1.807) is 18.2 Å². The molecule has 0 radical (unpaired) electrons. The molecule has 152 valence electrons. The number of sulfonamides is 1. The van der Waals surface area contributed by atoms with Gasteiger partial charge in [-0.05, 0) is 49.7 Å². The Labute approximate surface area is 168 Å². The predicted octanol–water partition coefficient (Wildman–Crippen LogP) is 3.18. The molecule has 0 fully saturated rings. The number of hydrogen-bond acceptors (Lipinski definition) is 4. The van der Waals surface area contributed by atoms with Crippen LogP contribution in [0.3, 0.4) is 0 Å². The van der Waals surface area contributed by atoms with Crippen LogP contribution in [0.15, 0.2) is 59.5 Å². The van der Waals surface area contributed by atoms with Gasteiger partial charge in [0.1, 0.15) is 0 Å². The fraction of sp³-hybridized carbons (Fsp3) is 0.381. The van der Waals surface area contributed by atoms with Crippen molar-refractivity contribution < 1.29 is 13.2 Å². The highest BCUT2D eigenvalue weighted by Gasteiger charge is 2.22. The van der Waals surface area contributed by atoms with E-state index in [1.165, 1.54) is 18.4 Å². The van der Waals surface area contributed by atoms with Gasteiger partial charge in [-0.25, -0.2) is 12.7 Å². The summed E-state index contributed by atoms with van der Waals surface area (Å²) in [7, 11) is -0.459. The van der Waals surface area contributed by atoms with Crippen molar-refractivity contribution in [3.63, 3.8) is 0 Å². The van der Waals surface area contributed by atoms with E-state index < -0.39 is 10.0 Å². The fourth-order valence-corrected chi connectivity index (χ4v) is 3.85. The van der Waals surface area contributed by atoms with Crippen molar-refractivity contribution in [3.8, 4) is 0 Å². The number of anilines is 1. The topological polar surface area (TPSA) is 69.7 Å². The van der Waals surface area contributed by atoms with Crippen LogP contribution < -0.4 is 5.32 Å². The van der Waals surface area contributed by atoms with Crippen molar-refractivity contribution in [2.75, 3.05) is 26.0 Å². The predicted molar refractivity (Wildman–Crippen MR) is 113 cm³/mol. The molecular formula is C21H29N3O3S. The van der Waals surface area contributed by atoms with E-state index in [1.807, 2.05) is 43.3 Å². The molecule has 0 heterocycles. The lowest BCUT2D eigenvalue weighted by molar-refractivity contribution is -0.121. The molecule has 1 unspecified atom stereocenters. The highest BCUT2D eigenvalue weighted by atomic mass is 32.2. The quantitative estimate of drug-likeness (QED) is 0.698. The zero-order valence-electron chi connectivity index (χ0n) is 16.9. The number of amides is 1. The smallest absolute Gasteiger partial charge is 0.242 e. The molecule has 0 saturated heterocycles. The Kier molecular flexibility index (Phi) is 7.74. The van der Waals surface area contributed by atoms with Crippen LogP contribution in [0, 0.1) is 0 Å². The molecule has 0 aliphatic heterocycles. The summed E-state index contributed by atoms with van der Waals surface area (Å²) in [5, 5.41) is 2.93. The van der Waals surface area contributed by atoms with Gasteiger partial charge in [0.15, 0.2) is 0 Å². The number of carbonyl (C=O) groups is 1. The molecule has 1 amide bonds. The van der Waals surface area contributed by atoms with Crippen molar-refractivity contribution in [3.05, 3.63) is 60.2 Å². The van der Waals surface area contributed by atoms with E-state index in [2.05, 4.69) is 17.1 Å². The van der Waals surface area contributed by atoms with E-state index in [0.717, 1.165) is 24.2 Å². The molecule has 7 heteroatoms. The monoisotopic (exact) mass is 403 g/mol. The molecule has 0 aromatic heterocycles. The van der Waals surface area contributed by atoms with Crippen molar-refractivity contribution in [1.29, 1.82) is 0 Å². The highest BCUT2D eigenvalue weighted by molar-refractivity contribution is 7.89. The second-order valence-corrected chi connectivity index (χ2v) is 9.09. The van der Waals surface area contributed by atoms with Crippen molar-refractivity contribution in [1.82, 2.24) is 9.21 Å². The van der Waals surface area contributed by atoms with Crippen molar-refractivity contribution in [2.45, 2.75) is 37.8 Å². The Morgan fingerprint density at radius 1 is 1.07 bits per heavy atom. The molecule has 0 bridgehead atoms. The lowest BCUT2D eigenvalue weighted by atomic mass is 10.1. The largest absolute Gasteiger partial charge is 0.325 e. The van der Waals surface area contributed by atoms with Gasteiger partial charge in [-0.15, -0.1) is 0 Å². The SMILES string of the molecule is CCCN(Cc1cccc(S(=O)(=O)N(C)C)c1)C(C)C(=O)Nc1ccccc1. The molecule has 1 N–H and O–H groups in total. The van der Waals surface area contributed by atoms with Gasteiger partial charge in [0.05, 0.1) is 10.9 Å². The molecule has 0 spiro atoms. The summed E-state index contributed by atoms with van der Waals surface area (Å²) in [6.07, 6.45) is 0.888. The zero-order valence-corrected chi connectivity index (χ0v) is 17.7. The van der Waals surface area contributed by atoms with E-state index in [9.17, 15) is 13.2 Å². The second kappa shape index (κ2) is 9.82. The Morgan fingerprint density at radius 2 is 1.75 bits per heavy atom. The minimum atomic E-state index is -3.49. The van der Waals surface area contributed by atoms with Crippen LogP contribution in [0.2, 0.25) is 0 Å². The standard InChI is InChI=1S/C21H29N3O3S/c1-5-14-24(17(2)21(25)22-19-11-7-6-8-12-19)16-18-10-9-13-20(15-18)28(26,27)23(3)4/h6-13,15,17H,5,14,16H2,1-4H3,(H,22,25). The maximum absolute atomic E-state index is 12.7. The van der Waals surface area contributed by atoms with Crippen LogP contribution in [-0.2, 0) is 21.4 Å². The number of para-hydroxylation sites is 1. The van der Waals surface area contributed by atoms with Crippen molar-refractivity contribution >= 4 is 21.6 Å². The molecule has 1 atom stereocenters. The maximum Gasteiger partial charge on any atom is 0.242 e. The minimum Gasteiger partial charge on any atom is -0.325 e. The summed E-state index contributed by atoms with van der Waals surface area (Å²) in [6, 6.07) is 15.9. The van der Waals surface area contributed by atoms with Crippen LogP contribution in [0.5, 0.6) is 0 Å².